The van der Waals surface area contributed by atoms with Gasteiger partial charge in [0.05, 0.1) is 11.5 Å². The molecule has 0 radical (unpaired) electrons. The van der Waals surface area contributed by atoms with Crippen LogP contribution in [0, 0.1) is 5.92 Å². The highest BCUT2D eigenvalue weighted by Crippen LogP contribution is 2.34. The van der Waals surface area contributed by atoms with Gasteiger partial charge in [0.2, 0.25) is 0 Å². The number of sulfone groups is 1. The summed E-state index contributed by atoms with van der Waals surface area (Å²) >= 11 is 1.80. The zero-order chi connectivity index (χ0) is 12.5. The minimum atomic E-state index is -2.79. The SMILES string of the molecule is CCc1ccc(C(NC)C2CCS(=O)(=O)C2)s1. The zero-order valence-electron chi connectivity index (χ0n) is 10.3. The molecule has 17 heavy (non-hydrogen) atoms. The van der Waals surface area contributed by atoms with Crippen LogP contribution in [0.25, 0.3) is 0 Å². The van der Waals surface area contributed by atoms with Gasteiger partial charge in [-0.15, -0.1) is 11.3 Å². The van der Waals surface area contributed by atoms with Crippen LogP contribution >= 0.6 is 11.3 Å². The van der Waals surface area contributed by atoms with E-state index in [2.05, 4.69) is 24.4 Å². The van der Waals surface area contributed by atoms with Gasteiger partial charge in [-0.25, -0.2) is 8.42 Å². The first-order valence-corrected chi connectivity index (χ1v) is 8.66. The van der Waals surface area contributed by atoms with E-state index in [0.717, 1.165) is 12.8 Å². The molecule has 1 aliphatic rings. The second-order valence-corrected chi connectivity index (χ2v) is 8.02. The highest BCUT2D eigenvalue weighted by atomic mass is 32.2. The van der Waals surface area contributed by atoms with Crippen LogP contribution in [0.15, 0.2) is 12.1 Å². The zero-order valence-corrected chi connectivity index (χ0v) is 11.9. The van der Waals surface area contributed by atoms with Crippen LogP contribution in [0.3, 0.4) is 0 Å². The molecule has 0 saturated carbocycles. The van der Waals surface area contributed by atoms with Crippen molar-refractivity contribution in [2.45, 2.75) is 25.8 Å². The van der Waals surface area contributed by atoms with Crippen LogP contribution in [0.2, 0.25) is 0 Å². The van der Waals surface area contributed by atoms with Crippen LogP contribution < -0.4 is 5.32 Å². The molecule has 2 rings (SSSR count). The monoisotopic (exact) mass is 273 g/mol. The summed E-state index contributed by atoms with van der Waals surface area (Å²) in [5.74, 6) is 0.910. The fourth-order valence-corrected chi connectivity index (χ4v) is 5.45. The lowest BCUT2D eigenvalue weighted by Gasteiger charge is -2.20. The maximum atomic E-state index is 11.5. The normalized spacial score (nSPS) is 24.9. The molecule has 2 atom stereocenters. The van der Waals surface area contributed by atoms with Gasteiger partial charge >= 0.3 is 0 Å². The summed E-state index contributed by atoms with van der Waals surface area (Å²) in [6.07, 6.45) is 1.83. The smallest absolute Gasteiger partial charge is 0.150 e. The van der Waals surface area contributed by atoms with Crippen molar-refractivity contribution in [1.82, 2.24) is 5.32 Å². The number of aryl methyl sites for hydroxylation is 1. The van der Waals surface area contributed by atoms with E-state index in [4.69, 9.17) is 0 Å². The standard InChI is InChI=1S/C12H19NO2S2/c1-3-10-4-5-11(16-10)12(13-2)9-6-7-17(14,15)8-9/h4-5,9,12-13H,3,6-8H2,1-2H3. The van der Waals surface area contributed by atoms with Gasteiger partial charge in [0.15, 0.2) is 9.84 Å². The maximum Gasteiger partial charge on any atom is 0.150 e. The van der Waals surface area contributed by atoms with E-state index in [9.17, 15) is 8.42 Å². The quantitative estimate of drug-likeness (QED) is 0.913. The van der Waals surface area contributed by atoms with Gasteiger partial charge < -0.3 is 5.32 Å². The van der Waals surface area contributed by atoms with Gasteiger partial charge in [0.25, 0.3) is 0 Å². The Kier molecular flexibility index (Phi) is 3.90. The van der Waals surface area contributed by atoms with Gasteiger partial charge in [-0.3, -0.25) is 0 Å². The molecule has 0 aliphatic carbocycles. The fraction of sp³-hybridized carbons (Fsp3) is 0.667. The molecule has 1 fully saturated rings. The van der Waals surface area contributed by atoms with Crippen molar-refractivity contribution in [2.75, 3.05) is 18.6 Å². The van der Waals surface area contributed by atoms with Crippen molar-refractivity contribution in [1.29, 1.82) is 0 Å². The third kappa shape index (κ3) is 2.89. The molecule has 1 aromatic heterocycles. The van der Waals surface area contributed by atoms with E-state index >= 15 is 0 Å². The number of nitrogens with one attached hydrogen (secondary N) is 1. The summed E-state index contributed by atoms with van der Waals surface area (Å²) in [6, 6.07) is 4.47. The Morgan fingerprint density at radius 3 is 2.76 bits per heavy atom. The van der Waals surface area contributed by atoms with Crippen molar-refractivity contribution >= 4 is 21.2 Å². The molecule has 0 aromatic carbocycles. The van der Waals surface area contributed by atoms with Gasteiger partial charge in [-0.05, 0) is 37.9 Å². The van der Waals surface area contributed by atoms with E-state index in [1.165, 1.54) is 9.75 Å². The molecule has 0 bridgehead atoms. The summed E-state index contributed by atoms with van der Waals surface area (Å²) < 4.78 is 23.1. The van der Waals surface area contributed by atoms with E-state index in [0.29, 0.717) is 11.5 Å². The molecule has 1 aromatic rings. The third-order valence-electron chi connectivity index (χ3n) is 3.39. The highest BCUT2D eigenvalue weighted by Gasteiger charge is 2.34. The van der Waals surface area contributed by atoms with Crippen molar-refractivity contribution in [3.8, 4) is 0 Å². The van der Waals surface area contributed by atoms with E-state index < -0.39 is 9.84 Å². The fourth-order valence-electron chi connectivity index (χ4n) is 2.45. The molecule has 0 spiro atoms. The van der Waals surface area contributed by atoms with Gasteiger partial charge in [0, 0.05) is 15.8 Å². The lowest BCUT2D eigenvalue weighted by molar-refractivity contribution is 0.424. The molecular weight excluding hydrogens is 254 g/mol. The highest BCUT2D eigenvalue weighted by molar-refractivity contribution is 7.91. The molecule has 5 heteroatoms. The van der Waals surface area contributed by atoms with Crippen LogP contribution in [-0.4, -0.2) is 27.0 Å². The first-order chi connectivity index (χ1) is 8.05. The number of hydrogen-bond acceptors (Lipinski definition) is 4. The molecule has 1 aliphatic heterocycles. The number of rotatable bonds is 4. The molecule has 0 amide bonds. The Labute approximate surface area is 107 Å². The first kappa shape index (κ1) is 13.1. The molecule has 1 N–H and O–H groups in total. The van der Waals surface area contributed by atoms with Crippen molar-refractivity contribution in [2.24, 2.45) is 5.92 Å². The number of thiophene rings is 1. The second kappa shape index (κ2) is 5.08. The molecular formula is C12H19NO2S2. The van der Waals surface area contributed by atoms with Crippen molar-refractivity contribution in [3.63, 3.8) is 0 Å². The van der Waals surface area contributed by atoms with Crippen molar-refractivity contribution < 1.29 is 8.42 Å². The van der Waals surface area contributed by atoms with Crippen LogP contribution in [-0.2, 0) is 16.3 Å². The lowest BCUT2D eigenvalue weighted by Crippen LogP contribution is -2.25. The Balaban J connectivity index is 2.17. The summed E-state index contributed by atoms with van der Waals surface area (Å²) in [5, 5.41) is 3.28. The topological polar surface area (TPSA) is 46.2 Å². The molecule has 3 nitrogen and oxygen atoms in total. The van der Waals surface area contributed by atoms with Gasteiger partial charge in [-0.1, -0.05) is 6.92 Å². The Bertz CT molecular complexity index is 478. The minimum absolute atomic E-state index is 0.192. The van der Waals surface area contributed by atoms with Crippen LogP contribution in [0.5, 0.6) is 0 Å². The lowest BCUT2D eigenvalue weighted by atomic mass is 9.98. The molecule has 96 valence electrons. The third-order valence-corrected chi connectivity index (χ3v) is 6.49. The average molecular weight is 273 g/mol. The Morgan fingerprint density at radius 2 is 2.29 bits per heavy atom. The average Bonchev–Trinajstić information content (AvgIpc) is 2.87. The minimum Gasteiger partial charge on any atom is -0.312 e. The Morgan fingerprint density at radius 1 is 1.53 bits per heavy atom. The summed E-state index contributed by atoms with van der Waals surface area (Å²) in [5.41, 5.74) is 0. The second-order valence-electron chi connectivity index (χ2n) is 4.59. The number of hydrogen-bond donors (Lipinski definition) is 1. The largest absolute Gasteiger partial charge is 0.312 e. The molecule has 2 unspecified atom stereocenters. The summed E-state index contributed by atoms with van der Waals surface area (Å²) in [4.78, 5) is 2.63. The van der Waals surface area contributed by atoms with E-state index in [1.54, 1.807) is 11.3 Å². The molecule has 2 heterocycles. The Hall–Kier alpha value is -0.390. The first-order valence-electron chi connectivity index (χ1n) is 6.02. The van der Waals surface area contributed by atoms with Crippen LogP contribution in [0.4, 0.5) is 0 Å². The summed E-state index contributed by atoms with van der Waals surface area (Å²) in [7, 11) is -0.875. The predicted octanol–water partition coefficient (Wildman–Crippen LogP) is 2.01. The molecule has 1 saturated heterocycles. The van der Waals surface area contributed by atoms with E-state index in [1.807, 2.05) is 7.05 Å². The van der Waals surface area contributed by atoms with Gasteiger partial charge in [0.1, 0.15) is 0 Å². The maximum absolute atomic E-state index is 11.5. The van der Waals surface area contributed by atoms with E-state index in [-0.39, 0.29) is 12.0 Å². The van der Waals surface area contributed by atoms with Crippen molar-refractivity contribution in [3.05, 3.63) is 21.9 Å². The van der Waals surface area contributed by atoms with Crippen LogP contribution in [0.1, 0.15) is 29.1 Å². The van der Waals surface area contributed by atoms with Gasteiger partial charge in [-0.2, -0.15) is 0 Å². The predicted molar refractivity (Wildman–Crippen MR) is 72.3 cm³/mol. The summed E-state index contributed by atoms with van der Waals surface area (Å²) in [6.45, 7) is 2.14.